The molecule has 1 unspecified atom stereocenters. The zero-order chi connectivity index (χ0) is 19.6. The van der Waals surface area contributed by atoms with Crippen molar-refractivity contribution >= 4 is 5.91 Å². The first-order valence-corrected chi connectivity index (χ1v) is 10.9. The molecule has 1 spiro atoms. The van der Waals surface area contributed by atoms with Gasteiger partial charge in [-0.15, -0.1) is 0 Å². The second-order valence-electron chi connectivity index (χ2n) is 8.78. The standard InChI is InChI=1S/C23H34N2O3/c1-3-28-21-9-7-18(8-10-21)22(26)24-13-11-23(12-14-24)17-25(20-5-4-6-20)15-19(23)16-27-2/h7-10,19-20H,3-6,11-17H2,1-2H3. The summed E-state index contributed by atoms with van der Waals surface area (Å²) in [6.07, 6.45) is 6.28. The molecular weight excluding hydrogens is 352 g/mol. The van der Waals surface area contributed by atoms with Gasteiger partial charge in [0.2, 0.25) is 0 Å². The topological polar surface area (TPSA) is 42.0 Å². The lowest BCUT2D eigenvalue weighted by Gasteiger charge is -2.43. The molecule has 3 fully saturated rings. The number of amides is 1. The zero-order valence-electron chi connectivity index (χ0n) is 17.4. The van der Waals surface area contributed by atoms with Crippen LogP contribution in [-0.4, -0.2) is 68.3 Å². The summed E-state index contributed by atoms with van der Waals surface area (Å²) in [6.45, 7) is 7.52. The molecule has 3 aliphatic rings. The highest BCUT2D eigenvalue weighted by Gasteiger charge is 2.50. The van der Waals surface area contributed by atoms with E-state index in [1.54, 1.807) is 0 Å². The number of methoxy groups -OCH3 is 1. The van der Waals surface area contributed by atoms with Gasteiger partial charge in [0.1, 0.15) is 5.75 Å². The Labute approximate surface area is 169 Å². The van der Waals surface area contributed by atoms with Gasteiger partial charge in [-0.1, -0.05) is 6.42 Å². The van der Waals surface area contributed by atoms with Gasteiger partial charge in [-0.3, -0.25) is 9.69 Å². The maximum absolute atomic E-state index is 13.0. The second-order valence-corrected chi connectivity index (χ2v) is 8.78. The largest absolute Gasteiger partial charge is 0.494 e. The first-order valence-electron chi connectivity index (χ1n) is 10.9. The van der Waals surface area contributed by atoms with Crippen LogP contribution in [0.25, 0.3) is 0 Å². The molecule has 1 atom stereocenters. The highest BCUT2D eigenvalue weighted by molar-refractivity contribution is 5.94. The molecule has 4 rings (SSSR count). The molecule has 2 saturated heterocycles. The molecule has 0 aromatic heterocycles. The predicted molar refractivity (Wildman–Crippen MR) is 110 cm³/mol. The van der Waals surface area contributed by atoms with Gasteiger partial charge in [0.25, 0.3) is 5.91 Å². The Morgan fingerprint density at radius 1 is 1.18 bits per heavy atom. The minimum Gasteiger partial charge on any atom is -0.494 e. The zero-order valence-corrected chi connectivity index (χ0v) is 17.4. The van der Waals surface area contributed by atoms with Crippen molar-refractivity contribution in [3.05, 3.63) is 29.8 Å². The summed E-state index contributed by atoms with van der Waals surface area (Å²) < 4.78 is 11.1. The summed E-state index contributed by atoms with van der Waals surface area (Å²) in [5.41, 5.74) is 1.08. The molecule has 1 aromatic carbocycles. The molecule has 1 aromatic rings. The van der Waals surface area contributed by atoms with Gasteiger partial charge in [0, 0.05) is 50.8 Å². The van der Waals surface area contributed by atoms with Crippen molar-refractivity contribution in [2.24, 2.45) is 11.3 Å². The quantitative estimate of drug-likeness (QED) is 0.751. The molecule has 154 valence electrons. The summed E-state index contributed by atoms with van der Waals surface area (Å²) in [4.78, 5) is 17.7. The Kier molecular flexibility index (Phi) is 5.93. The second kappa shape index (κ2) is 8.42. The van der Waals surface area contributed by atoms with Crippen molar-refractivity contribution in [1.82, 2.24) is 9.80 Å². The van der Waals surface area contributed by atoms with Crippen LogP contribution >= 0.6 is 0 Å². The van der Waals surface area contributed by atoms with E-state index in [9.17, 15) is 4.79 Å². The fourth-order valence-corrected chi connectivity index (χ4v) is 5.30. The van der Waals surface area contributed by atoms with Gasteiger partial charge < -0.3 is 14.4 Å². The van der Waals surface area contributed by atoms with Gasteiger partial charge in [0.05, 0.1) is 13.2 Å². The highest BCUT2D eigenvalue weighted by atomic mass is 16.5. The molecule has 2 heterocycles. The summed E-state index contributed by atoms with van der Waals surface area (Å²) in [5.74, 6) is 1.57. The lowest BCUT2D eigenvalue weighted by atomic mass is 9.71. The van der Waals surface area contributed by atoms with Crippen LogP contribution in [0.2, 0.25) is 0 Å². The Morgan fingerprint density at radius 2 is 1.89 bits per heavy atom. The van der Waals surface area contributed by atoms with E-state index in [-0.39, 0.29) is 5.91 Å². The van der Waals surface area contributed by atoms with E-state index < -0.39 is 0 Å². The van der Waals surface area contributed by atoms with E-state index in [2.05, 4.69) is 4.90 Å². The van der Waals surface area contributed by atoms with E-state index in [4.69, 9.17) is 9.47 Å². The van der Waals surface area contributed by atoms with Crippen molar-refractivity contribution in [3.63, 3.8) is 0 Å². The van der Waals surface area contributed by atoms with Gasteiger partial charge in [0.15, 0.2) is 0 Å². The monoisotopic (exact) mass is 386 g/mol. The number of hydrogen-bond donors (Lipinski definition) is 0. The number of ether oxygens (including phenoxy) is 2. The smallest absolute Gasteiger partial charge is 0.253 e. The Hall–Kier alpha value is -1.59. The minimum atomic E-state index is 0.148. The summed E-state index contributed by atoms with van der Waals surface area (Å²) in [5, 5.41) is 0. The van der Waals surface area contributed by atoms with Crippen LogP contribution in [0.15, 0.2) is 24.3 Å². The van der Waals surface area contributed by atoms with Crippen molar-refractivity contribution in [2.75, 3.05) is 46.5 Å². The number of nitrogens with zero attached hydrogens (tertiary/aromatic N) is 2. The minimum absolute atomic E-state index is 0.148. The number of hydrogen-bond acceptors (Lipinski definition) is 4. The number of piperidine rings is 1. The number of rotatable bonds is 6. The molecule has 5 nitrogen and oxygen atoms in total. The van der Waals surface area contributed by atoms with Crippen LogP contribution < -0.4 is 4.74 Å². The molecule has 28 heavy (non-hydrogen) atoms. The highest BCUT2D eigenvalue weighted by Crippen LogP contribution is 2.47. The molecule has 0 radical (unpaired) electrons. The maximum atomic E-state index is 13.0. The van der Waals surface area contributed by atoms with Gasteiger partial charge in [-0.2, -0.15) is 0 Å². The maximum Gasteiger partial charge on any atom is 0.253 e. The average molecular weight is 387 g/mol. The van der Waals surface area contributed by atoms with Crippen LogP contribution in [0.5, 0.6) is 5.75 Å². The summed E-state index contributed by atoms with van der Waals surface area (Å²) in [7, 11) is 1.82. The molecule has 1 saturated carbocycles. The molecule has 0 bridgehead atoms. The normalized spacial score (nSPS) is 25.1. The SMILES string of the molecule is CCOc1ccc(C(=O)N2CCC3(CC2)CN(C2CCC2)CC3COC)cc1. The van der Waals surface area contributed by atoms with Crippen LogP contribution in [0.4, 0.5) is 0 Å². The molecule has 0 N–H and O–H groups in total. The van der Waals surface area contributed by atoms with Gasteiger partial charge in [-0.25, -0.2) is 0 Å². The van der Waals surface area contributed by atoms with Crippen molar-refractivity contribution < 1.29 is 14.3 Å². The van der Waals surface area contributed by atoms with E-state index in [0.717, 1.165) is 49.9 Å². The molecule has 1 amide bonds. The third-order valence-electron chi connectivity index (χ3n) is 7.26. The number of carbonyl (C=O) groups is 1. The van der Waals surface area contributed by atoms with Crippen LogP contribution in [0.3, 0.4) is 0 Å². The Bertz CT molecular complexity index is 663. The Morgan fingerprint density at radius 3 is 2.46 bits per heavy atom. The first-order chi connectivity index (χ1) is 13.6. The molecule has 1 aliphatic carbocycles. The van der Waals surface area contributed by atoms with Crippen LogP contribution in [0.1, 0.15) is 49.4 Å². The number of likely N-dealkylation sites (tertiary alicyclic amines) is 2. The van der Waals surface area contributed by atoms with Crippen LogP contribution in [0, 0.1) is 11.3 Å². The lowest BCUT2D eigenvalue weighted by molar-refractivity contribution is 0.0312. The number of carbonyl (C=O) groups excluding carboxylic acids is 1. The van der Waals surface area contributed by atoms with E-state index in [1.807, 2.05) is 43.2 Å². The first kappa shape index (κ1) is 19.7. The molecular formula is C23H34N2O3. The van der Waals surface area contributed by atoms with Crippen molar-refractivity contribution in [3.8, 4) is 5.75 Å². The number of benzene rings is 1. The fraction of sp³-hybridized carbons (Fsp3) is 0.696. The molecule has 5 heteroatoms. The lowest BCUT2D eigenvalue weighted by Crippen LogP contribution is -2.47. The van der Waals surface area contributed by atoms with Gasteiger partial charge in [-0.05, 0) is 62.3 Å². The van der Waals surface area contributed by atoms with E-state index >= 15 is 0 Å². The average Bonchev–Trinajstić information content (AvgIpc) is 2.99. The van der Waals surface area contributed by atoms with Crippen LogP contribution in [-0.2, 0) is 4.74 Å². The summed E-state index contributed by atoms with van der Waals surface area (Å²) >= 11 is 0. The third-order valence-corrected chi connectivity index (χ3v) is 7.26. The summed E-state index contributed by atoms with van der Waals surface area (Å²) in [6, 6.07) is 8.36. The van der Waals surface area contributed by atoms with E-state index in [1.165, 1.54) is 32.4 Å². The van der Waals surface area contributed by atoms with Gasteiger partial charge >= 0.3 is 0 Å². The molecule has 2 aliphatic heterocycles. The van der Waals surface area contributed by atoms with E-state index in [0.29, 0.717) is 17.9 Å². The van der Waals surface area contributed by atoms with Crippen molar-refractivity contribution in [2.45, 2.75) is 45.1 Å². The van der Waals surface area contributed by atoms with Crippen molar-refractivity contribution in [1.29, 1.82) is 0 Å². The fourth-order valence-electron chi connectivity index (χ4n) is 5.30. The third kappa shape index (κ3) is 3.79. The Balaban J connectivity index is 1.39. The predicted octanol–water partition coefficient (Wildman–Crippen LogP) is 3.44.